The van der Waals surface area contributed by atoms with Crippen molar-refractivity contribution in [3.8, 4) is 17.0 Å². The van der Waals surface area contributed by atoms with Crippen molar-refractivity contribution in [1.82, 2.24) is 14.9 Å². The molecular weight excluding hydrogens is 433 g/mol. The van der Waals surface area contributed by atoms with Gasteiger partial charge in [-0.2, -0.15) is 0 Å². The summed E-state index contributed by atoms with van der Waals surface area (Å²) in [5, 5.41) is 10.8. The average Bonchev–Trinajstić information content (AvgIpc) is 2.70. The third-order valence-corrected chi connectivity index (χ3v) is 5.83. The molecule has 2 aromatic heterocycles. The van der Waals surface area contributed by atoms with Crippen molar-refractivity contribution < 1.29 is 19.0 Å². The number of aryl methyl sites for hydroxylation is 1. The zero-order valence-electron chi connectivity index (χ0n) is 21.0. The minimum absolute atomic E-state index is 0.202. The maximum absolute atomic E-state index is 13.6. The Bertz CT molecular complexity index is 1190. The Hall–Kier alpha value is -3.22. The zero-order valence-corrected chi connectivity index (χ0v) is 21.0. The number of carboxylic acid groups (broad SMARTS) is 1. The van der Waals surface area contributed by atoms with Crippen LogP contribution in [0.5, 0.6) is 5.75 Å². The molecule has 0 saturated carbocycles. The van der Waals surface area contributed by atoms with Crippen LogP contribution in [-0.2, 0) is 0 Å². The number of rotatable bonds is 7. The Morgan fingerprint density at radius 3 is 2.44 bits per heavy atom. The molecule has 182 valence electrons. The van der Waals surface area contributed by atoms with E-state index in [2.05, 4.69) is 23.8 Å². The second kappa shape index (κ2) is 9.57. The van der Waals surface area contributed by atoms with Crippen molar-refractivity contribution in [3.63, 3.8) is 0 Å². The average molecular weight is 468 g/mol. The van der Waals surface area contributed by atoms with Gasteiger partial charge in [0.15, 0.2) is 0 Å². The monoisotopic (exact) mass is 467 g/mol. The van der Waals surface area contributed by atoms with Crippen molar-refractivity contribution >= 4 is 17.0 Å². The SMILES string of the molecule is Cc1cc(-c2ccnc3cc(F)ccc23)ncc1OCC(C)(CC(C)C)N(C(=O)O)C(C)(C)C. The predicted octanol–water partition coefficient (Wildman–Crippen LogP) is 6.71. The second-order valence-electron chi connectivity index (χ2n) is 10.5. The molecule has 2 heterocycles. The Morgan fingerprint density at radius 2 is 1.85 bits per heavy atom. The summed E-state index contributed by atoms with van der Waals surface area (Å²) in [4.78, 5) is 22.6. The molecule has 1 N–H and O–H groups in total. The van der Waals surface area contributed by atoms with Gasteiger partial charge in [-0.1, -0.05) is 13.8 Å². The summed E-state index contributed by atoms with van der Waals surface area (Å²) < 4.78 is 19.8. The first-order valence-electron chi connectivity index (χ1n) is 11.5. The van der Waals surface area contributed by atoms with Crippen LogP contribution >= 0.6 is 0 Å². The van der Waals surface area contributed by atoms with Gasteiger partial charge in [0, 0.05) is 28.8 Å². The van der Waals surface area contributed by atoms with Gasteiger partial charge in [-0.3, -0.25) is 14.9 Å². The predicted molar refractivity (Wildman–Crippen MR) is 133 cm³/mol. The Kier molecular flexibility index (Phi) is 7.15. The molecule has 1 amide bonds. The molecule has 1 unspecified atom stereocenters. The van der Waals surface area contributed by atoms with Crippen LogP contribution in [0, 0.1) is 18.7 Å². The molecular formula is C27H34FN3O3. The third-order valence-electron chi connectivity index (χ3n) is 5.83. The molecule has 3 aromatic rings. The van der Waals surface area contributed by atoms with Crippen molar-refractivity contribution in [2.75, 3.05) is 6.61 Å². The lowest BCUT2D eigenvalue weighted by atomic mass is 9.86. The van der Waals surface area contributed by atoms with E-state index in [0.29, 0.717) is 17.7 Å². The van der Waals surface area contributed by atoms with Crippen LogP contribution in [0.25, 0.3) is 22.2 Å². The number of halogens is 1. The summed E-state index contributed by atoms with van der Waals surface area (Å²) in [6, 6.07) is 8.31. The molecule has 34 heavy (non-hydrogen) atoms. The highest BCUT2D eigenvalue weighted by Gasteiger charge is 2.43. The van der Waals surface area contributed by atoms with Crippen molar-refractivity contribution in [3.05, 3.63) is 54.1 Å². The topological polar surface area (TPSA) is 75.6 Å². The highest BCUT2D eigenvalue weighted by Crippen LogP contribution is 2.34. The smallest absolute Gasteiger partial charge is 0.408 e. The highest BCUT2D eigenvalue weighted by molar-refractivity contribution is 5.93. The first-order valence-corrected chi connectivity index (χ1v) is 11.5. The molecule has 0 aliphatic carbocycles. The minimum atomic E-state index is -0.967. The summed E-state index contributed by atoms with van der Waals surface area (Å²) in [6.45, 7) is 13.9. The molecule has 1 atom stereocenters. The van der Waals surface area contributed by atoms with Crippen LogP contribution in [0.4, 0.5) is 9.18 Å². The van der Waals surface area contributed by atoms with E-state index in [9.17, 15) is 14.3 Å². The summed E-state index contributed by atoms with van der Waals surface area (Å²) >= 11 is 0. The van der Waals surface area contributed by atoms with Gasteiger partial charge in [-0.15, -0.1) is 0 Å². The number of hydrogen-bond donors (Lipinski definition) is 1. The van der Waals surface area contributed by atoms with Crippen molar-refractivity contribution in [1.29, 1.82) is 0 Å². The number of pyridine rings is 2. The number of benzene rings is 1. The molecule has 1 aromatic carbocycles. The van der Waals surface area contributed by atoms with Crippen LogP contribution < -0.4 is 4.74 Å². The van der Waals surface area contributed by atoms with Gasteiger partial charge < -0.3 is 9.84 Å². The van der Waals surface area contributed by atoms with E-state index in [1.54, 1.807) is 18.5 Å². The van der Waals surface area contributed by atoms with Crippen LogP contribution in [-0.4, -0.2) is 43.8 Å². The standard InChI is InChI=1S/C27H34FN3O3/c1-17(2)14-27(7,31(25(32)33)26(4,5)6)16-34-24-15-30-22(12-18(24)3)21-10-11-29-23-13-19(28)8-9-20(21)23/h8-13,15,17H,14,16H2,1-7H3,(H,32,33). The Labute approximate surface area is 200 Å². The highest BCUT2D eigenvalue weighted by atomic mass is 19.1. The maximum atomic E-state index is 13.6. The fourth-order valence-electron chi connectivity index (χ4n) is 4.84. The molecule has 6 nitrogen and oxygen atoms in total. The van der Waals surface area contributed by atoms with Crippen LogP contribution in [0.2, 0.25) is 0 Å². The summed E-state index contributed by atoms with van der Waals surface area (Å²) in [5.41, 5.74) is 1.72. The number of ether oxygens (including phenoxy) is 1. The number of hydrogen-bond acceptors (Lipinski definition) is 4. The van der Waals surface area contributed by atoms with E-state index in [0.717, 1.165) is 22.2 Å². The molecule has 7 heteroatoms. The number of amides is 1. The first kappa shape index (κ1) is 25.4. The Balaban J connectivity index is 1.91. The first-order chi connectivity index (χ1) is 15.8. The number of carbonyl (C=O) groups is 1. The molecule has 0 saturated heterocycles. The lowest BCUT2D eigenvalue weighted by Gasteiger charge is -2.47. The molecule has 0 aliphatic heterocycles. The number of aromatic nitrogens is 2. The quantitative estimate of drug-likeness (QED) is 0.418. The minimum Gasteiger partial charge on any atom is -0.489 e. The summed E-state index contributed by atoms with van der Waals surface area (Å²) in [6.07, 6.45) is 2.99. The van der Waals surface area contributed by atoms with Gasteiger partial charge in [0.05, 0.1) is 22.9 Å². The largest absolute Gasteiger partial charge is 0.489 e. The maximum Gasteiger partial charge on any atom is 0.408 e. The van der Waals surface area contributed by atoms with Gasteiger partial charge in [-0.05, 0) is 76.8 Å². The normalized spacial score (nSPS) is 13.7. The number of nitrogens with zero attached hydrogens (tertiary/aromatic N) is 3. The van der Waals surface area contributed by atoms with E-state index < -0.39 is 17.2 Å². The van der Waals surface area contributed by atoms with Gasteiger partial charge in [-0.25, -0.2) is 9.18 Å². The van der Waals surface area contributed by atoms with Crippen molar-refractivity contribution in [2.24, 2.45) is 5.92 Å². The van der Waals surface area contributed by atoms with Gasteiger partial charge in [0.2, 0.25) is 0 Å². The molecule has 0 spiro atoms. The van der Waals surface area contributed by atoms with Crippen LogP contribution in [0.15, 0.2) is 42.7 Å². The molecule has 0 fully saturated rings. The van der Waals surface area contributed by atoms with E-state index in [4.69, 9.17) is 4.74 Å². The number of fused-ring (bicyclic) bond motifs is 1. The zero-order chi connectivity index (χ0) is 25.3. The van der Waals surface area contributed by atoms with Crippen LogP contribution in [0.1, 0.15) is 53.5 Å². The van der Waals surface area contributed by atoms with Gasteiger partial charge in [0.1, 0.15) is 18.2 Å². The van der Waals surface area contributed by atoms with E-state index in [-0.39, 0.29) is 18.3 Å². The van der Waals surface area contributed by atoms with Crippen LogP contribution in [0.3, 0.4) is 0 Å². The Morgan fingerprint density at radius 1 is 1.15 bits per heavy atom. The van der Waals surface area contributed by atoms with Gasteiger partial charge >= 0.3 is 6.09 Å². The molecule has 0 aliphatic rings. The molecule has 3 rings (SSSR count). The van der Waals surface area contributed by atoms with E-state index >= 15 is 0 Å². The van der Waals surface area contributed by atoms with E-state index in [1.807, 2.05) is 46.8 Å². The summed E-state index contributed by atoms with van der Waals surface area (Å²) in [5.74, 6) is 0.548. The van der Waals surface area contributed by atoms with Crippen molar-refractivity contribution in [2.45, 2.75) is 66.0 Å². The lowest BCUT2D eigenvalue weighted by Crippen LogP contribution is -2.61. The van der Waals surface area contributed by atoms with E-state index in [1.165, 1.54) is 17.0 Å². The fraction of sp³-hybridized carbons (Fsp3) is 0.444. The third kappa shape index (κ3) is 5.46. The molecule has 0 radical (unpaired) electrons. The lowest BCUT2D eigenvalue weighted by molar-refractivity contribution is -0.0110. The second-order valence-corrected chi connectivity index (χ2v) is 10.5. The van der Waals surface area contributed by atoms with Gasteiger partial charge in [0.25, 0.3) is 0 Å². The fourth-order valence-corrected chi connectivity index (χ4v) is 4.84. The summed E-state index contributed by atoms with van der Waals surface area (Å²) in [7, 11) is 0. The molecule has 0 bridgehead atoms.